The van der Waals surface area contributed by atoms with E-state index in [4.69, 9.17) is 0 Å². The molecule has 1 aromatic heterocycles. The molecule has 0 aliphatic rings. The molecule has 0 amide bonds. The van der Waals surface area contributed by atoms with E-state index in [1.807, 2.05) is 31.4 Å². The predicted octanol–water partition coefficient (Wildman–Crippen LogP) is 2.26. The summed E-state index contributed by atoms with van der Waals surface area (Å²) in [6, 6.07) is 10.3. The second-order valence-electron chi connectivity index (χ2n) is 4.80. The number of aryl methyl sites for hydroxylation is 3. The third-order valence-electron chi connectivity index (χ3n) is 3.22. The second kappa shape index (κ2) is 5.83. The topological polar surface area (TPSA) is 38.0 Å². The SMILES string of the molecule is Cc1ccccc1CCC(O)Cc1ccn(C)n1. The van der Waals surface area contributed by atoms with E-state index >= 15 is 0 Å². The summed E-state index contributed by atoms with van der Waals surface area (Å²) in [4.78, 5) is 0. The highest BCUT2D eigenvalue weighted by atomic mass is 16.3. The summed E-state index contributed by atoms with van der Waals surface area (Å²) < 4.78 is 1.77. The van der Waals surface area contributed by atoms with Crippen molar-refractivity contribution >= 4 is 0 Å². The van der Waals surface area contributed by atoms with Crippen molar-refractivity contribution in [3.05, 3.63) is 53.3 Å². The number of aliphatic hydroxyl groups is 1. The van der Waals surface area contributed by atoms with Gasteiger partial charge in [0.25, 0.3) is 0 Å². The van der Waals surface area contributed by atoms with Crippen molar-refractivity contribution in [1.82, 2.24) is 9.78 Å². The van der Waals surface area contributed by atoms with E-state index in [-0.39, 0.29) is 6.10 Å². The van der Waals surface area contributed by atoms with Gasteiger partial charge < -0.3 is 5.11 Å². The van der Waals surface area contributed by atoms with Crippen molar-refractivity contribution in [1.29, 1.82) is 0 Å². The van der Waals surface area contributed by atoms with E-state index < -0.39 is 0 Å². The summed E-state index contributed by atoms with van der Waals surface area (Å²) in [6.07, 6.45) is 3.91. The summed E-state index contributed by atoms with van der Waals surface area (Å²) >= 11 is 0. The van der Waals surface area contributed by atoms with Crippen LogP contribution >= 0.6 is 0 Å². The zero-order valence-electron chi connectivity index (χ0n) is 11.0. The minimum atomic E-state index is -0.320. The van der Waals surface area contributed by atoms with Crippen LogP contribution in [0.4, 0.5) is 0 Å². The molecule has 2 aromatic rings. The van der Waals surface area contributed by atoms with Gasteiger partial charge in [-0.2, -0.15) is 5.10 Å². The highest BCUT2D eigenvalue weighted by molar-refractivity contribution is 5.25. The first-order valence-electron chi connectivity index (χ1n) is 6.36. The van der Waals surface area contributed by atoms with Gasteiger partial charge in [0.1, 0.15) is 0 Å². The highest BCUT2D eigenvalue weighted by Gasteiger charge is 2.08. The Labute approximate surface area is 108 Å². The van der Waals surface area contributed by atoms with E-state index in [0.29, 0.717) is 6.42 Å². The lowest BCUT2D eigenvalue weighted by Crippen LogP contribution is -2.12. The monoisotopic (exact) mass is 244 g/mol. The third kappa shape index (κ3) is 3.44. The largest absolute Gasteiger partial charge is 0.393 e. The van der Waals surface area contributed by atoms with Crippen molar-refractivity contribution in [3.8, 4) is 0 Å². The number of rotatable bonds is 5. The molecule has 1 heterocycles. The van der Waals surface area contributed by atoms with E-state index in [1.165, 1.54) is 11.1 Å². The van der Waals surface area contributed by atoms with E-state index in [1.54, 1.807) is 4.68 Å². The molecule has 1 atom stereocenters. The summed E-state index contributed by atoms with van der Waals surface area (Å²) in [5, 5.41) is 14.3. The fourth-order valence-corrected chi connectivity index (χ4v) is 2.13. The van der Waals surface area contributed by atoms with Crippen LogP contribution in [0.25, 0.3) is 0 Å². The maximum atomic E-state index is 10.0. The van der Waals surface area contributed by atoms with Crippen molar-refractivity contribution in [2.24, 2.45) is 7.05 Å². The molecule has 0 fully saturated rings. The van der Waals surface area contributed by atoms with Gasteiger partial charge in [0, 0.05) is 19.7 Å². The Kier molecular flexibility index (Phi) is 4.15. The lowest BCUT2D eigenvalue weighted by molar-refractivity contribution is 0.164. The summed E-state index contributed by atoms with van der Waals surface area (Å²) in [5.41, 5.74) is 3.56. The Morgan fingerprint density at radius 1 is 1.28 bits per heavy atom. The Hall–Kier alpha value is -1.61. The van der Waals surface area contributed by atoms with Crippen LogP contribution in [0.3, 0.4) is 0 Å². The molecule has 1 N–H and O–H groups in total. The average Bonchev–Trinajstić information content (AvgIpc) is 2.74. The molecule has 96 valence electrons. The van der Waals surface area contributed by atoms with Gasteiger partial charge in [0.15, 0.2) is 0 Å². The predicted molar refractivity (Wildman–Crippen MR) is 72.4 cm³/mol. The van der Waals surface area contributed by atoms with Gasteiger partial charge in [-0.15, -0.1) is 0 Å². The molecule has 0 aliphatic heterocycles. The average molecular weight is 244 g/mol. The standard InChI is InChI=1S/C15H20N2O/c1-12-5-3-4-6-13(12)7-8-15(18)11-14-9-10-17(2)16-14/h3-6,9-10,15,18H,7-8,11H2,1-2H3. The smallest absolute Gasteiger partial charge is 0.0650 e. The van der Waals surface area contributed by atoms with E-state index in [0.717, 1.165) is 18.5 Å². The highest BCUT2D eigenvalue weighted by Crippen LogP contribution is 2.12. The van der Waals surface area contributed by atoms with Crippen LogP contribution in [-0.2, 0) is 19.9 Å². The van der Waals surface area contributed by atoms with Crippen molar-refractivity contribution in [2.45, 2.75) is 32.3 Å². The Morgan fingerprint density at radius 3 is 2.72 bits per heavy atom. The summed E-state index contributed by atoms with van der Waals surface area (Å²) in [5.74, 6) is 0. The van der Waals surface area contributed by atoms with Crippen LogP contribution in [0.15, 0.2) is 36.5 Å². The zero-order chi connectivity index (χ0) is 13.0. The quantitative estimate of drug-likeness (QED) is 0.876. The van der Waals surface area contributed by atoms with Crippen LogP contribution < -0.4 is 0 Å². The van der Waals surface area contributed by atoms with Gasteiger partial charge in [-0.05, 0) is 37.0 Å². The molecule has 3 nitrogen and oxygen atoms in total. The Morgan fingerprint density at radius 2 is 2.06 bits per heavy atom. The summed E-state index contributed by atoms with van der Waals surface area (Å²) in [7, 11) is 1.89. The molecule has 0 spiro atoms. The molecule has 18 heavy (non-hydrogen) atoms. The fourth-order valence-electron chi connectivity index (χ4n) is 2.13. The van der Waals surface area contributed by atoms with Crippen LogP contribution in [0, 0.1) is 6.92 Å². The molecule has 0 saturated carbocycles. The van der Waals surface area contributed by atoms with Gasteiger partial charge in [-0.25, -0.2) is 0 Å². The van der Waals surface area contributed by atoms with Gasteiger partial charge in [-0.1, -0.05) is 24.3 Å². The van der Waals surface area contributed by atoms with E-state index in [2.05, 4.69) is 24.2 Å². The molecule has 2 rings (SSSR count). The van der Waals surface area contributed by atoms with Gasteiger partial charge in [-0.3, -0.25) is 4.68 Å². The number of nitrogens with zero attached hydrogens (tertiary/aromatic N) is 2. The maximum absolute atomic E-state index is 10.0. The molecule has 1 unspecified atom stereocenters. The molecule has 0 aliphatic carbocycles. The van der Waals surface area contributed by atoms with Crippen molar-refractivity contribution < 1.29 is 5.11 Å². The second-order valence-corrected chi connectivity index (χ2v) is 4.80. The normalized spacial score (nSPS) is 12.6. The lowest BCUT2D eigenvalue weighted by Gasteiger charge is -2.10. The van der Waals surface area contributed by atoms with Crippen molar-refractivity contribution in [2.75, 3.05) is 0 Å². The number of aliphatic hydroxyl groups excluding tert-OH is 1. The first-order valence-corrected chi connectivity index (χ1v) is 6.36. The van der Waals surface area contributed by atoms with Crippen LogP contribution in [0.5, 0.6) is 0 Å². The first kappa shape index (κ1) is 12.8. The number of aromatic nitrogens is 2. The number of hydrogen-bond acceptors (Lipinski definition) is 2. The van der Waals surface area contributed by atoms with Crippen LogP contribution in [0.2, 0.25) is 0 Å². The molecule has 0 saturated heterocycles. The third-order valence-corrected chi connectivity index (χ3v) is 3.22. The minimum absolute atomic E-state index is 0.320. The Bertz CT molecular complexity index is 505. The number of hydrogen-bond donors (Lipinski definition) is 1. The molecular formula is C15H20N2O. The van der Waals surface area contributed by atoms with Gasteiger partial charge in [0.2, 0.25) is 0 Å². The van der Waals surface area contributed by atoms with Gasteiger partial charge >= 0.3 is 0 Å². The van der Waals surface area contributed by atoms with E-state index in [9.17, 15) is 5.11 Å². The molecule has 3 heteroatoms. The Balaban J connectivity index is 1.85. The minimum Gasteiger partial charge on any atom is -0.393 e. The molecule has 0 bridgehead atoms. The van der Waals surface area contributed by atoms with Crippen molar-refractivity contribution in [3.63, 3.8) is 0 Å². The van der Waals surface area contributed by atoms with Crippen LogP contribution in [0.1, 0.15) is 23.2 Å². The lowest BCUT2D eigenvalue weighted by atomic mass is 10.0. The maximum Gasteiger partial charge on any atom is 0.0650 e. The molecule has 0 radical (unpaired) electrons. The number of benzene rings is 1. The fraction of sp³-hybridized carbons (Fsp3) is 0.400. The first-order chi connectivity index (χ1) is 8.65. The van der Waals surface area contributed by atoms with Gasteiger partial charge in [0.05, 0.1) is 11.8 Å². The zero-order valence-corrected chi connectivity index (χ0v) is 11.0. The summed E-state index contributed by atoms with van der Waals surface area (Å²) in [6.45, 7) is 2.11. The van der Waals surface area contributed by atoms with Crippen LogP contribution in [-0.4, -0.2) is 21.0 Å². The molecular weight excluding hydrogens is 224 g/mol. The molecule has 1 aromatic carbocycles.